The average Bonchev–Trinajstić information content (AvgIpc) is 2.81. The van der Waals surface area contributed by atoms with E-state index in [0.29, 0.717) is 24.0 Å². The first-order valence-corrected chi connectivity index (χ1v) is 8.56. The number of ketones is 1. The number of rotatable bonds is 1. The minimum Gasteiger partial charge on any atom is -0.508 e. The van der Waals surface area contributed by atoms with Crippen LogP contribution in [0, 0.1) is 5.92 Å². The van der Waals surface area contributed by atoms with Crippen molar-refractivity contribution in [3.05, 3.63) is 41.2 Å². The highest BCUT2D eigenvalue weighted by Crippen LogP contribution is 2.46. The zero-order valence-electron chi connectivity index (χ0n) is 13.2. The van der Waals surface area contributed by atoms with Crippen LogP contribution in [0.25, 0.3) is 0 Å². The third kappa shape index (κ3) is 2.22. The Morgan fingerprint density at radius 2 is 2.08 bits per heavy atom. The molecule has 4 atom stereocenters. The molecule has 1 aromatic carbocycles. The highest BCUT2D eigenvalue weighted by molar-refractivity contribution is 6.21. The summed E-state index contributed by atoms with van der Waals surface area (Å²) in [5.41, 5.74) is 1.10. The number of nitrogens with zero attached hydrogens (tertiary/aromatic N) is 1. The third-order valence-electron chi connectivity index (χ3n) is 5.20. The van der Waals surface area contributed by atoms with Crippen LogP contribution in [-0.4, -0.2) is 40.2 Å². The van der Waals surface area contributed by atoms with E-state index in [0.717, 1.165) is 6.42 Å². The van der Waals surface area contributed by atoms with E-state index in [2.05, 4.69) is 0 Å². The second-order valence-electron chi connectivity index (χ2n) is 6.69. The fraction of sp³-hybridized carbons (Fsp3) is 0.444. The molecular formula is C18H18ClNO4. The molecule has 5 nitrogen and oxygen atoms in total. The van der Waals surface area contributed by atoms with E-state index < -0.39 is 6.04 Å². The van der Waals surface area contributed by atoms with Crippen molar-refractivity contribution in [1.82, 2.24) is 4.90 Å². The van der Waals surface area contributed by atoms with E-state index >= 15 is 0 Å². The molecule has 1 amide bonds. The van der Waals surface area contributed by atoms with E-state index in [1.165, 1.54) is 4.90 Å². The van der Waals surface area contributed by atoms with Crippen LogP contribution in [-0.2, 0) is 14.3 Å². The van der Waals surface area contributed by atoms with Gasteiger partial charge in [-0.3, -0.25) is 9.59 Å². The first kappa shape index (κ1) is 15.5. The molecule has 1 N–H and O–H groups in total. The van der Waals surface area contributed by atoms with Crippen LogP contribution < -0.4 is 0 Å². The number of fused-ring (bicyclic) bond motifs is 1. The number of Topliss-reactive ketones (excluding diaryl/α,β-unsaturated/α-hetero) is 1. The van der Waals surface area contributed by atoms with Gasteiger partial charge in [0.05, 0.1) is 17.5 Å². The summed E-state index contributed by atoms with van der Waals surface area (Å²) in [5.74, 6) is -0.344. The minimum absolute atomic E-state index is 0.0324. The van der Waals surface area contributed by atoms with Gasteiger partial charge in [0.15, 0.2) is 11.5 Å². The quantitative estimate of drug-likeness (QED) is 0.793. The lowest BCUT2D eigenvalue weighted by Gasteiger charge is -2.37. The summed E-state index contributed by atoms with van der Waals surface area (Å²) in [5, 5.41) is 9.72. The second-order valence-corrected chi connectivity index (χ2v) is 7.31. The smallest absolute Gasteiger partial charge is 0.289 e. The monoisotopic (exact) mass is 347 g/mol. The van der Waals surface area contributed by atoms with Crippen molar-refractivity contribution in [2.45, 2.75) is 36.8 Å². The summed E-state index contributed by atoms with van der Waals surface area (Å²) in [4.78, 5) is 27.2. The molecule has 126 valence electrons. The summed E-state index contributed by atoms with van der Waals surface area (Å²) in [6.07, 6.45) is 1.80. The number of phenolic OH excluding ortho intramolecular Hbond substituents is 1. The van der Waals surface area contributed by atoms with Crippen molar-refractivity contribution in [3.63, 3.8) is 0 Å². The molecule has 24 heavy (non-hydrogen) atoms. The molecule has 1 saturated carbocycles. The summed E-state index contributed by atoms with van der Waals surface area (Å²) >= 11 is 6.24. The summed E-state index contributed by atoms with van der Waals surface area (Å²) in [6.45, 7) is 0. The SMILES string of the molecule is CN1C(=O)C2=C(C(=O)C3CC(Cl)CCC3O2)C1c1cccc(O)c1. The highest BCUT2D eigenvalue weighted by atomic mass is 35.5. The molecule has 2 heterocycles. The van der Waals surface area contributed by atoms with Gasteiger partial charge < -0.3 is 14.7 Å². The first-order chi connectivity index (χ1) is 11.5. The molecule has 0 spiro atoms. The van der Waals surface area contributed by atoms with Crippen LogP contribution in [0.2, 0.25) is 0 Å². The number of carbonyl (C=O) groups excluding carboxylic acids is 2. The highest BCUT2D eigenvalue weighted by Gasteiger charge is 2.51. The Hall–Kier alpha value is -2.01. The van der Waals surface area contributed by atoms with E-state index in [-0.39, 0.29) is 40.6 Å². The molecule has 0 saturated heterocycles. The molecule has 0 aromatic heterocycles. The number of alkyl halides is 1. The van der Waals surface area contributed by atoms with Crippen molar-refractivity contribution in [3.8, 4) is 5.75 Å². The predicted molar refractivity (Wildman–Crippen MR) is 87.5 cm³/mol. The van der Waals surface area contributed by atoms with Crippen molar-refractivity contribution in [2.75, 3.05) is 7.05 Å². The number of carbonyl (C=O) groups is 2. The minimum atomic E-state index is -0.524. The van der Waals surface area contributed by atoms with Gasteiger partial charge in [0.25, 0.3) is 5.91 Å². The summed E-state index contributed by atoms with van der Waals surface area (Å²) in [7, 11) is 1.65. The van der Waals surface area contributed by atoms with Gasteiger partial charge in [-0.2, -0.15) is 0 Å². The fourth-order valence-corrected chi connectivity index (χ4v) is 4.33. The van der Waals surface area contributed by atoms with Gasteiger partial charge in [-0.25, -0.2) is 0 Å². The van der Waals surface area contributed by atoms with E-state index in [1.54, 1.807) is 31.3 Å². The molecule has 1 fully saturated rings. The van der Waals surface area contributed by atoms with Gasteiger partial charge in [-0.15, -0.1) is 11.6 Å². The maximum atomic E-state index is 13.1. The lowest BCUT2D eigenvalue weighted by atomic mass is 9.77. The van der Waals surface area contributed by atoms with Crippen molar-refractivity contribution in [1.29, 1.82) is 0 Å². The first-order valence-electron chi connectivity index (χ1n) is 8.12. The van der Waals surface area contributed by atoms with Gasteiger partial charge in [0.1, 0.15) is 11.9 Å². The molecule has 3 aliphatic rings. The van der Waals surface area contributed by atoms with Gasteiger partial charge in [-0.1, -0.05) is 12.1 Å². The Balaban J connectivity index is 1.78. The van der Waals surface area contributed by atoms with Crippen LogP contribution in [0.15, 0.2) is 35.6 Å². The van der Waals surface area contributed by atoms with Gasteiger partial charge in [0.2, 0.25) is 0 Å². The Kier molecular flexibility index (Phi) is 3.57. The molecule has 2 aliphatic heterocycles. The number of ether oxygens (including phenoxy) is 1. The topological polar surface area (TPSA) is 66.8 Å². The van der Waals surface area contributed by atoms with Gasteiger partial charge in [-0.05, 0) is 37.0 Å². The largest absolute Gasteiger partial charge is 0.508 e. The number of hydrogen-bond acceptors (Lipinski definition) is 4. The van der Waals surface area contributed by atoms with Crippen molar-refractivity contribution >= 4 is 23.3 Å². The van der Waals surface area contributed by atoms with Crippen LogP contribution in [0.3, 0.4) is 0 Å². The zero-order valence-corrected chi connectivity index (χ0v) is 14.0. The number of amides is 1. The summed E-state index contributed by atoms with van der Waals surface area (Å²) < 4.78 is 5.94. The van der Waals surface area contributed by atoms with E-state index in [4.69, 9.17) is 16.3 Å². The number of benzene rings is 1. The summed E-state index contributed by atoms with van der Waals surface area (Å²) in [6, 6.07) is 6.12. The third-order valence-corrected chi connectivity index (χ3v) is 5.60. The van der Waals surface area contributed by atoms with Crippen LogP contribution in [0.5, 0.6) is 5.75 Å². The fourth-order valence-electron chi connectivity index (χ4n) is 4.02. The standard InChI is InChI=1S/C18H18ClNO4/c1-20-15(9-3-2-4-11(21)7-9)14-16(22)12-8-10(19)5-6-13(12)24-17(14)18(20)23/h2-4,7,10,12-13,15,21H,5-6,8H2,1H3. The Morgan fingerprint density at radius 3 is 2.83 bits per heavy atom. The van der Waals surface area contributed by atoms with E-state index in [1.807, 2.05) is 0 Å². The number of aromatic hydroxyl groups is 1. The molecule has 6 heteroatoms. The molecule has 1 aromatic rings. The molecule has 4 rings (SSSR count). The Labute approximate surface area is 144 Å². The molecule has 4 unspecified atom stereocenters. The number of likely N-dealkylation sites (N-methyl/N-ethyl adjacent to an activating group) is 1. The van der Waals surface area contributed by atoms with Crippen molar-refractivity contribution < 1.29 is 19.4 Å². The number of hydrogen-bond donors (Lipinski definition) is 1. The van der Waals surface area contributed by atoms with Crippen LogP contribution in [0.4, 0.5) is 0 Å². The molecular weight excluding hydrogens is 330 g/mol. The normalized spacial score (nSPS) is 32.5. The Morgan fingerprint density at radius 1 is 1.29 bits per heavy atom. The number of halogens is 1. The van der Waals surface area contributed by atoms with E-state index in [9.17, 15) is 14.7 Å². The zero-order chi connectivity index (χ0) is 17.0. The van der Waals surface area contributed by atoms with Crippen molar-refractivity contribution in [2.24, 2.45) is 5.92 Å². The molecule has 0 radical (unpaired) electrons. The van der Waals surface area contributed by atoms with Gasteiger partial charge >= 0.3 is 0 Å². The number of phenols is 1. The van der Waals surface area contributed by atoms with Gasteiger partial charge in [0, 0.05) is 12.4 Å². The maximum Gasteiger partial charge on any atom is 0.289 e. The lowest BCUT2D eigenvalue weighted by molar-refractivity contribution is -0.134. The second kappa shape index (κ2) is 5.52. The predicted octanol–water partition coefficient (Wildman–Crippen LogP) is 2.53. The molecule has 1 aliphatic carbocycles. The lowest BCUT2D eigenvalue weighted by Crippen LogP contribution is -2.41. The maximum absolute atomic E-state index is 13.1. The average molecular weight is 348 g/mol. The van der Waals surface area contributed by atoms with Crippen LogP contribution in [0.1, 0.15) is 30.9 Å². The molecule has 0 bridgehead atoms. The van der Waals surface area contributed by atoms with Crippen LogP contribution >= 0.6 is 11.6 Å². The Bertz CT molecular complexity index is 759.